The maximum Gasteiger partial charge on any atom is 0.188 e. The Morgan fingerprint density at radius 3 is 2.28 bits per heavy atom. The average molecular weight is 416 g/mol. The highest BCUT2D eigenvalue weighted by Gasteiger charge is 2.20. The van der Waals surface area contributed by atoms with Gasteiger partial charge in [-0.15, -0.1) is 0 Å². The Kier molecular flexibility index (Phi) is 8.70. The minimum atomic E-state index is 0.0968. The van der Waals surface area contributed by atoms with Crippen molar-refractivity contribution in [2.45, 2.75) is 60.4 Å². The van der Waals surface area contributed by atoms with Gasteiger partial charge in [0.2, 0.25) is 0 Å². The average Bonchev–Trinajstić information content (AvgIpc) is 2.66. The number of aryl methyl sites for hydroxylation is 2. The van der Waals surface area contributed by atoms with E-state index in [1.165, 1.54) is 32.9 Å². The van der Waals surface area contributed by atoms with Crippen LogP contribution in [0.25, 0.3) is 0 Å². The second-order valence-corrected chi connectivity index (χ2v) is 9.95. The molecule has 4 heteroatoms. The first-order valence-corrected chi connectivity index (χ1v) is 11.6. The normalized spacial score (nSPS) is 12.3. The van der Waals surface area contributed by atoms with Crippen molar-refractivity contribution >= 4 is 19.2 Å². The fourth-order valence-corrected chi connectivity index (χ4v) is 4.95. The van der Waals surface area contributed by atoms with Crippen molar-refractivity contribution in [3.63, 3.8) is 0 Å². The quantitative estimate of drug-likeness (QED) is 0.422. The van der Waals surface area contributed by atoms with Crippen LogP contribution in [0.2, 0.25) is 0 Å². The molecule has 1 atom stereocenters. The summed E-state index contributed by atoms with van der Waals surface area (Å²) in [6.07, 6.45) is 0. The van der Waals surface area contributed by atoms with Gasteiger partial charge < -0.3 is 9.47 Å². The first kappa shape index (κ1) is 23.9. The van der Waals surface area contributed by atoms with Crippen LogP contribution < -0.4 is 15.3 Å². The van der Waals surface area contributed by atoms with E-state index in [9.17, 15) is 0 Å². The van der Waals surface area contributed by atoms with Gasteiger partial charge in [-0.25, -0.2) is 0 Å². The van der Waals surface area contributed by atoms with E-state index in [4.69, 9.17) is 9.47 Å². The Morgan fingerprint density at radius 1 is 1.00 bits per heavy atom. The van der Waals surface area contributed by atoms with Crippen molar-refractivity contribution in [2.75, 3.05) is 27.0 Å². The van der Waals surface area contributed by atoms with Crippen LogP contribution in [0.4, 0.5) is 0 Å². The van der Waals surface area contributed by atoms with Crippen molar-refractivity contribution in [2.24, 2.45) is 0 Å². The maximum atomic E-state index is 6.03. The summed E-state index contributed by atoms with van der Waals surface area (Å²) in [4.78, 5) is 2.47. The minimum Gasteiger partial charge on any atom is -0.467 e. The summed E-state index contributed by atoms with van der Waals surface area (Å²) in [7, 11) is 2.22. The lowest BCUT2D eigenvalue weighted by molar-refractivity contribution is 0.0514. The first-order chi connectivity index (χ1) is 13.7. The van der Waals surface area contributed by atoms with Crippen LogP contribution in [0.3, 0.4) is 0 Å². The third-order valence-corrected chi connectivity index (χ3v) is 6.98. The van der Waals surface area contributed by atoms with E-state index >= 15 is 0 Å². The zero-order valence-corrected chi connectivity index (χ0v) is 20.5. The molecule has 0 aliphatic carbocycles. The zero-order valence-electron chi connectivity index (χ0n) is 19.5. The van der Waals surface area contributed by atoms with Crippen LogP contribution in [0.5, 0.6) is 5.75 Å². The summed E-state index contributed by atoms with van der Waals surface area (Å²) >= 11 is 0. The molecular formula is C25H38NO2P. The Labute approximate surface area is 179 Å². The van der Waals surface area contributed by atoms with Gasteiger partial charge in [0.25, 0.3) is 0 Å². The van der Waals surface area contributed by atoms with Crippen LogP contribution in [0.15, 0.2) is 30.3 Å². The largest absolute Gasteiger partial charge is 0.467 e. The molecule has 160 valence electrons. The number of nitrogens with zero attached hydrogens (tertiary/aromatic N) is 1. The van der Waals surface area contributed by atoms with Gasteiger partial charge in [0, 0.05) is 19.0 Å². The highest BCUT2D eigenvalue weighted by Crippen LogP contribution is 2.31. The standard InChI is InChI=1S/C25H38NO2P/c1-9-26(10-2)16-20-13-11-12-18(3)24(20)29-22-15-21(25(5,6)7)14-19(4)23(22)28-17-27-8/h11-15,29H,9-10,16-17H2,1-8H3. The van der Waals surface area contributed by atoms with Crippen LogP contribution >= 0.6 is 8.58 Å². The molecule has 1 unspecified atom stereocenters. The smallest absolute Gasteiger partial charge is 0.188 e. The molecule has 3 nitrogen and oxygen atoms in total. The molecule has 0 fully saturated rings. The van der Waals surface area contributed by atoms with Crippen molar-refractivity contribution in [3.05, 3.63) is 52.6 Å². The molecule has 0 heterocycles. The molecule has 0 spiro atoms. The monoisotopic (exact) mass is 415 g/mol. The summed E-state index contributed by atoms with van der Waals surface area (Å²) < 4.78 is 11.2. The third kappa shape index (κ3) is 6.28. The van der Waals surface area contributed by atoms with Crippen molar-refractivity contribution in [1.29, 1.82) is 0 Å². The number of rotatable bonds is 9. The summed E-state index contributed by atoms with van der Waals surface area (Å²) in [5.74, 6) is 0.968. The molecule has 0 aliphatic rings. The van der Waals surface area contributed by atoms with Gasteiger partial charge in [0.1, 0.15) is 5.75 Å². The highest BCUT2D eigenvalue weighted by atomic mass is 31.1. The number of ether oxygens (including phenoxy) is 2. The van der Waals surface area contributed by atoms with E-state index in [1.807, 2.05) is 0 Å². The summed E-state index contributed by atoms with van der Waals surface area (Å²) in [5.41, 5.74) is 5.39. The second-order valence-electron chi connectivity index (χ2n) is 8.67. The first-order valence-electron chi connectivity index (χ1n) is 10.6. The lowest BCUT2D eigenvalue weighted by atomic mass is 9.86. The number of hydrogen-bond donors (Lipinski definition) is 0. The minimum absolute atomic E-state index is 0.0968. The number of methoxy groups -OCH3 is 1. The molecule has 2 rings (SSSR count). The lowest BCUT2D eigenvalue weighted by Gasteiger charge is -2.25. The molecule has 0 radical (unpaired) electrons. The van der Waals surface area contributed by atoms with Crippen molar-refractivity contribution in [3.8, 4) is 5.75 Å². The van der Waals surface area contributed by atoms with Gasteiger partial charge in [-0.2, -0.15) is 0 Å². The molecule has 2 aromatic carbocycles. The van der Waals surface area contributed by atoms with Crippen LogP contribution in [-0.2, 0) is 16.7 Å². The van der Waals surface area contributed by atoms with Gasteiger partial charge >= 0.3 is 0 Å². The molecule has 0 saturated heterocycles. The van der Waals surface area contributed by atoms with E-state index in [1.54, 1.807) is 7.11 Å². The van der Waals surface area contributed by atoms with E-state index in [0.29, 0.717) is 8.58 Å². The van der Waals surface area contributed by atoms with Gasteiger partial charge in [-0.3, -0.25) is 4.90 Å². The SMILES string of the molecule is CCN(CC)Cc1cccc(C)c1Pc1cc(C(C)(C)C)cc(C)c1OCOC. The Bertz CT molecular complexity index is 807. The summed E-state index contributed by atoms with van der Waals surface area (Å²) in [6.45, 7) is 19.0. The Balaban J connectivity index is 2.53. The van der Waals surface area contributed by atoms with E-state index in [2.05, 4.69) is 83.7 Å². The molecule has 0 bridgehead atoms. The predicted octanol–water partition coefficient (Wildman–Crippen LogP) is 5.05. The molecule has 2 aromatic rings. The molecule has 0 aliphatic heterocycles. The predicted molar refractivity (Wildman–Crippen MR) is 128 cm³/mol. The zero-order chi connectivity index (χ0) is 21.6. The Hall–Kier alpha value is -1.41. The van der Waals surface area contributed by atoms with Crippen LogP contribution in [0.1, 0.15) is 56.9 Å². The number of hydrogen-bond acceptors (Lipinski definition) is 3. The third-order valence-electron chi connectivity index (χ3n) is 5.37. The topological polar surface area (TPSA) is 21.7 Å². The van der Waals surface area contributed by atoms with Gasteiger partial charge in [0.05, 0.1) is 0 Å². The van der Waals surface area contributed by atoms with Crippen LogP contribution in [-0.4, -0.2) is 31.9 Å². The fourth-order valence-electron chi connectivity index (χ4n) is 3.47. The maximum absolute atomic E-state index is 6.03. The molecule has 0 aromatic heterocycles. The van der Waals surface area contributed by atoms with Gasteiger partial charge in [0.15, 0.2) is 6.79 Å². The second kappa shape index (κ2) is 10.6. The van der Waals surface area contributed by atoms with Crippen molar-refractivity contribution < 1.29 is 9.47 Å². The van der Waals surface area contributed by atoms with E-state index in [0.717, 1.165) is 25.4 Å². The molecule has 0 amide bonds. The number of benzene rings is 2. The molecule has 0 saturated carbocycles. The van der Waals surface area contributed by atoms with Crippen molar-refractivity contribution in [1.82, 2.24) is 4.90 Å². The van der Waals surface area contributed by atoms with E-state index < -0.39 is 0 Å². The summed E-state index contributed by atoms with van der Waals surface area (Å²) in [6, 6.07) is 11.3. The Morgan fingerprint density at radius 2 is 1.69 bits per heavy atom. The highest BCUT2D eigenvalue weighted by molar-refractivity contribution is 7.56. The molecule has 29 heavy (non-hydrogen) atoms. The molecular weight excluding hydrogens is 377 g/mol. The molecule has 0 N–H and O–H groups in total. The van der Waals surface area contributed by atoms with Gasteiger partial charge in [-0.1, -0.05) is 67.5 Å². The van der Waals surface area contributed by atoms with E-state index in [-0.39, 0.29) is 12.2 Å². The van der Waals surface area contributed by atoms with Crippen LogP contribution in [0, 0.1) is 13.8 Å². The lowest BCUT2D eigenvalue weighted by Crippen LogP contribution is -2.26. The fraction of sp³-hybridized carbons (Fsp3) is 0.520. The summed E-state index contributed by atoms with van der Waals surface area (Å²) in [5, 5.41) is 2.70. The van der Waals surface area contributed by atoms with Gasteiger partial charge in [-0.05, 0) is 66.0 Å².